The Bertz CT molecular complexity index is 1810. The quantitative estimate of drug-likeness (QED) is 0.243. The van der Waals surface area contributed by atoms with E-state index < -0.39 is 11.7 Å². The standard InChI is InChI=1S/C32H33FN8O3/c1-43-27-7-6-21(33)12-24(27)32(42)36-13-19-2-4-20(5-3-19)29-28-30(38-39-31(28)34)25(14-35-29)26-15-41(18-37-26)22-8-10-40(11-9-22)23-16-44-17-23/h2-7,12,14-15,18,22-23H,8-11,13,16-17H2,1H3,(H,36,42)(H3,34,38,39). The molecule has 0 radical (unpaired) electrons. The van der Waals surface area contributed by atoms with E-state index in [1.165, 1.54) is 19.2 Å². The number of aromatic amines is 1. The fraction of sp³-hybridized carbons (Fsp3) is 0.312. The molecule has 4 N–H and O–H groups in total. The largest absolute Gasteiger partial charge is 0.496 e. The Kier molecular flexibility index (Phi) is 7.44. The number of carbonyl (C=O) groups excluding carboxylic acids is 1. The zero-order chi connectivity index (χ0) is 30.2. The number of imidazole rings is 1. The number of benzene rings is 2. The van der Waals surface area contributed by atoms with Crippen molar-refractivity contribution in [1.82, 2.24) is 34.9 Å². The van der Waals surface area contributed by atoms with Gasteiger partial charge in [-0.25, -0.2) is 9.37 Å². The minimum absolute atomic E-state index is 0.140. The van der Waals surface area contributed by atoms with E-state index in [2.05, 4.69) is 31.2 Å². The molecule has 0 aliphatic carbocycles. The van der Waals surface area contributed by atoms with Crippen molar-refractivity contribution in [1.29, 1.82) is 0 Å². The number of pyridine rings is 1. The number of anilines is 1. The third kappa shape index (κ3) is 5.26. The highest BCUT2D eigenvalue weighted by Crippen LogP contribution is 2.36. The lowest BCUT2D eigenvalue weighted by Gasteiger charge is -2.41. The van der Waals surface area contributed by atoms with Gasteiger partial charge in [0, 0.05) is 49.2 Å². The van der Waals surface area contributed by atoms with Crippen LogP contribution in [0.2, 0.25) is 0 Å². The van der Waals surface area contributed by atoms with Crippen LogP contribution in [0.4, 0.5) is 10.2 Å². The molecule has 44 heavy (non-hydrogen) atoms. The lowest BCUT2D eigenvalue weighted by Crippen LogP contribution is -2.51. The van der Waals surface area contributed by atoms with Gasteiger partial charge in [0.15, 0.2) is 5.82 Å². The average molecular weight is 597 g/mol. The molecule has 12 heteroatoms. The summed E-state index contributed by atoms with van der Waals surface area (Å²) in [5.74, 6) is -0.264. The number of nitrogens with one attached hydrogen (secondary N) is 2. The molecule has 5 aromatic rings. The Labute approximate surface area is 253 Å². The second kappa shape index (κ2) is 11.7. The van der Waals surface area contributed by atoms with E-state index in [9.17, 15) is 9.18 Å². The molecule has 0 atom stereocenters. The van der Waals surface area contributed by atoms with Gasteiger partial charge in [-0.3, -0.25) is 19.8 Å². The number of aromatic nitrogens is 5. The van der Waals surface area contributed by atoms with Crippen LogP contribution in [0.25, 0.3) is 33.4 Å². The molecule has 3 aromatic heterocycles. The predicted molar refractivity (Wildman–Crippen MR) is 164 cm³/mol. The number of carbonyl (C=O) groups is 1. The van der Waals surface area contributed by atoms with Crippen LogP contribution < -0.4 is 15.8 Å². The van der Waals surface area contributed by atoms with Crippen LogP contribution in [0.1, 0.15) is 34.8 Å². The molecular formula is C32H33FN8O3. The number of nitrogens with two attached hydrogens (primary N) is 1. The van der Waals surface area contributed by atoms with Crippen LogP contribution >= 0.6 is 0 Å². The SMILES string of the molecule is COc1ccc(F)cc1C(=O)NCc1ccc(-c2ncc(-c3cn(C4CCN(C5COC5)CC4)cn3)c3[nH]nc(N)c23)cc1. The van der Waals surface area contributed by atoms with E-state index in [1.807, 2.05) is 36.8 Å². The second-order valence-corrected chi connectivity index (χ2v) is 11.3. The number of rotatable bonds is 8. The zero-order valence-corrected chi connectivity index (χ0v) is 24.3. The summed E-state index contributed by atoms with van der Waals surface area (Å²) in [6.07, 6.45) is 7.96. The molecule has 2 saturated heterocycles. The van der Waals surface area contributed by atoms with Gasteiger partial charge in [-0.2, -0.15) is 5.10 Å². The van der Waals surface area contributed by atoms with Crippen molar-refractivity contribution in [2.75, 3.05) is 39.1 Å². The third-order valence-electron chi connectivity index (χ3n) is 8.64. The minimum atomic E-state index is -0.506. The maximum Gasteiger partial charge on any atom is 0.255 e. The molecular weight excluding hydrogens is 563 g/mol. The summed E-state index contributed by atoms with van der Waals surface area (Å²) < 4.78 is 26.5. The fourth-order valence-corrected chi connectivity index (χ4v) is 6.04. The van der Waals surface area contributed by atoms with E-state index in [4.69, 9.17) is 25.2 Å². The van der Waals surface area contributed by atoms with Crippen molar-refractivity contribution < 1.29 is 18.7 Å². The van der Waals surface area contributed by atoms with Crippen LogP contribution in [-0.4, -0.2) is 75.0 Å². The highest BCUT2D eigenvalue weighted by Gasteiger charge is 2.30. The average Bonchev–Trinajstić information content (AvgIpc) is 3.67. The van der Waals surface area contributed by atoms with Crippen molar-refractivity contribution in [2.24, 2.45) is 0 Å². The van der Waals surface area contributed by atoms with Gasteiger partial charge in [0.25, 0.3) is 5.91 Å². The summed E-state index contributed by atoms with van der Waals surface area (Å²) >= 11 is 0. The van der Waals surface area contributed by atoms with Crippen molar-refractivity contribution in [2.45, 2.75) is 31.5 Å². The number of nitrogen functional groups attached to an aromatic ring is 1. The lowest BCUT2D eigenvalue weighted by atomic mass is 10.0. The number of ether oxygens (including phenoxy) is 2. The Morgan fingerprint density at radius 1 is 1.14 bits per heavy atom. The minimum Gasteiger partial charge on any atom is -0.496 e. The van der Waals surface area contributed by atoms with Crippen molar-refractivity contribution >= 4 is 22.6 Å². The normalized spacial score (nSPS) is 16.2. The summed E-state index contributed by atoms with van der Waals surface area (Å²) in [4.78, 5) is 24.7. The summed E-state index contributed by atoms with van der Waals surface area (Å²) in [7, 11) is 1.44. The van der Waals surface area contributed by atoms with Crippen molar-refractivity contribution in [3.05, 3.63) is 78.1 Å². The van der Waals surface area contributed by atoms with Gasteiger partial charge in [0.2, 0.25) is 0 Å². The highest BCUT2D eigenvalue weighted by molar-refractivity contribution is 6.05. The summed E-state index contributed by atoms with van der Waals surface area (Å²) in [6.45, 7) is 4.09. The molecule has 2 aromatic carbocycles. The molecule has 0 spiro atoms. The van der Waals surface area contributed by atoms with Crippen LogP contribution in [0.5, 0.6) is 5.75 Å². The van der Waals surface area contributed by atoms with Crippen LogP contribution in [0, 0.1) is 5.82 Å². The number of fused-ring (bicyclic) bond motifs is 1. The highest BCUT2D eigenvalue weighted by atomic mass is 19.1. The van der Waals surface area contributed by atoms with Gasteiger partial charge < -0.3 is 25.1 Å². The molecule has 2 fully saturated rings. The maximum absolute atomic E-state index is 13.7. The van der Waals surface area contributed by atoms with Crippen LogP contribution in [0.3, 0.4) is 0 Å². The molecule has 0 bridgehead atoms. The maximum atomic E-state index is 13.7. The monoisotopic (exact) mass is 596 g/mol. The first kappa shape index (κ1) is 28.0. The molecule has 0 unspecified atom stereocenters. The molecule has 226 valence electrons. The van der Waals surface area contributed by atoms with E-state index in [0.29, 0.717) is 29.3 Å². The molecule has 5 heterocycles. The third-order valence-corrected chi connectivity index (χ3v) is 8.64. The fourth-order valence-electron chi connectivity index (χ4n) is 6.04. The van der Waals surface area contributed by atoms with Crippen LogP contribution in [0.15, 0.2) is 61.2 Å². The summed E-state index contributed by atoms with van der Waals surface area (Å²) in [5.41, 5.74) is 11.3. The van der Waals surface area contributed by atoms with Gasteiger partial charge in [-0.1, -0.05) is 24.3 Å². The molecule has 11 nitrogen and oxygen atoms in total. The van der Waals surface area contributed by atoms with Gasteiger partial charge >= 0.3 is 0 Å². The first-order chi connectivity index (χ1) is 21.5. The lowest BCUT2D eigenvalue weighted by molar-refractivity contribution is -0.0731. The van der Waals surface area contributed by atoms with Crippen LogP contribution in [-0.2, 0) is 11.3 Å². The van der Waals surface area contributed by atoms with E-state index in [0.717, 1.165) is 78.5 Å². The Balaban J connectivity index is 1.07. The van der Waals surface area contributed by atoms with Crippen molar-refractivity contribution in [3.8, 4) is 28.3 Å². The molecule has 2 aliphatic heterocycles. The topological polar surface area (TPSA) is 136 Å². The Morgan fingerprint density at radius 3 is 2.66 bits per heavy atom. The Hall–Kier alpha value is -4.81. The summed E-state index contributed by atoms with van der Waals surface area (Å²) in [6, 6.07) is 12.5. The summed E-state index contributed by atoms with van der Waals surface area (Å²) in [5, 5.41) is 10.9. The first-order valence-electron chi connectivity index (χ1n) is 14.7. The number of methoxy groups -OCH3 is 1. The smallest absolute Gasteiger partial charge is 0.255 e. The number of halogens is 1. The van der Waals surface area contributed by atoms with E-state index in [-0.39, 0.29) is 12.1 Å². The van der Waals surface area contributed by atoms with E-state index >= 15 is 0 Å². The van der Waals surface area contributed by atoms with Gasteiger partial charge in [0.05, 0.1) is 60.5 Å². The number of amides is 1. The molecule has 7 rings (SSSR count). The first-order valence-corrected chi connectivity index (χ1v) is 14.7. The Morgan fingerprint density at radius 2 is 1.93 bits per heavy atom. The van der Waals surface area contributed by atoms with Gasteiger partial charge in [-0.05, 0) is 36.6 Å². The zero-order valence-electron chi connectivity index (χ0n) is 24.3. The van der Waals surface area contributed by atoms with Crippen molar-refractivity contribution in [3.63, 3.8) is 0 Å². The molecule has 2 aliphatic rings. The number of likely N-dealkylation sites (tertiary alicyclic amines) is 1. The number of H-pyrrole nitrogens is 1. The second-order valence-electron chi connectivity index (χ2n) is 11.3. The van der Waals surface area contributed by atoms with Gasteiger partial charge in [-0.15, -0.1) is 0 Å². The predicted octanol–water partition coefficient (Wildman–Crippen LogP) is 4.18. The molecule has 1 amide bonds. The number of nitrogens with zero attached hydrogens (tertiary/aromatic N) is 5. The van der Waals surface area contributed by atoms with Gasteiger partial charge in [0.1, 0.15) is 11.6 Å². The number of hydrogen-bond donors (Lipinski definition) is 3. The van der Waals surface area contributed by atoms with E-state index in [1.54, 1.807) is 0 Å². The molecule has 0 saturated carbocycles. The number of hydrogen-bond acceptors (Lipinski definition) is 8. The number of piperidine rings is 1.